The fourth-order valence-corrected chi connectivity index (χ4v) is 2.61. The first-order valence-electron chi connectivity index (χ1n) is 7.43. The fraction of sp³-hybridized carbons (Fsp3) is 0.846. The lowest BCUT2D eigenvalue weighted by atomic mass is 10.1. The highest BCUT2D eigenvalue weighted by atomic mass is 16.2. The molecule has 3 rings (SSSR count). The van der Waals surface area contributed by atoms with Gasteiger partial charge in [0.2, 0.25) is 5.91 Å². The molecule has 0 bridgehead atoms. The summed E-state index contributed by atoms with van der Waals surface area (Å²) in [5, 5.41) is 12.0. The minimum Gasteiger partial charge on any atom is -0.340 e. The molecule has 0 aromatic carbocycles. The van der Waals surface area contributed by atoms with E-state index in [2.05, 4.69) is 20.4 Å². The normalized spacial score (nSPS) is 20.6. The number of nitrogens with zero attached hydrogens (tertiary/aromatic N) is 6. The zero-order chi connectivity index (χ0) is 14.1. The van der Waals surface area contributed by atoms with Crippen LogP contribution in [0.3, 0.4) is 0 Å². The van der Waals surface area contributed by atoms with Gasteiger partial charge < -0.3 is 4.90 Å². The van der Waals surface area contributed by atoms with Crippen molar-refractivity contribution in [3.63, 3.8) is 0 Å². The summed E-state index contributed by atoms with van der Waals surface area (Å²) < 4.78 is 1.96. The smallest absolute Gasteiger partial charge is 0.225 e. The first-order valence-corrected chi connectivity index (χ1v) is 7.43. The van der Waals surface area contributed by atoms with E-state index in [9.17, 15) is 4.79 Å². The van der Waals surface area contributed by atoms with Gasteiger partial charge in [0.25, 0.3) is 0 Å². The van der Waals surface area contributed by atoms with Crippen LogP contribution in [-0.4, -0.2) is 62.1 Å². The molecule has 0 N–H and O–H groups in total. The van der Waals surface area contributed by atoms with E-state index >= 15 is 0 Å². The Morgan fingerprint density at radius 3 is 2.55 bits per heavy atom. The molecule has 1 aromatic heterocycles. The van der Waals surface area contributed by atoms with E-state index in [0.29, 0.717) is 6.04 Å². The Morgan fingerprint density at radius 2 is 1.95 bits per heavy atom. The Kier molecular flexibility index (Phi) is 3.69. The predicted octanol–water partition coefficient (Wildman–Crippen LogP) is 0.308. The molecule has 0 unspecified atom stereocenters. The third kappa shape index (κ3) is 2.82. The van der Waals surface area contributed by atoms with Crippen LogP contribution in [0.1, 0.15) is 38.6 Å². The molecule has 7 heteroatoms. The fourth-order valence-electron chi connectivity index (χ4n) is 2.61. The van der Waals surface area contributed by atoms with Gasteiger partial charge in [-0.1, -0.05) is 13.8 Å². The molecule has 1 saturated heterocycles. The molecule has 1 aliphatic heterocycles. The number of aromatic nitrogens is 4. The van der Waals surface area contributed by atoms with Crippen molar-refractivity contribution in [1.82, 2.24) is 30.0 Å². The monoisotopic (exact) mass is 278 g/mol. The van der Waals surface area contributed by atoms with E-state index in [0.717, 1.165) is 38.5 Å². The zero-order valence-electron chi connectivity index (χ0n) is 12.2. The standard InChI is InChI=1S/C13H22N6O/c1-10(2)13(20)18-7-5-17(6-8-18)9-12-14-15-16-19(12)11-3-4-11/h10-11H,3-9H2,1-2H3. The van der Waals surface area contributed by atoms with Crippen LogP contribution >= 0.6 is 0 Å². The molecule has 1 saturated carbocycles. The maximum absolute atomic E-state index is 11.9. The van der Waals surface area contributed by atoms with Gasteiger partial charge in [-0.3, -0.25) is 9.69 Å². The average Bonchev–Trinajstić information content (AvgIpc) is 3.19. The van der Waals surface area contributed by atoms with E-state index in [1.165, 1.54) is 12.8 Å². The topological polar surface area (TPSA) is 67.2 Å². The Labute approximate surface area is 118 Å². The van der Waals surface area contributed by atoms with Gasteiger partial charge >= 0.3 is 0 Å². The molecule has 110 valence electrons. The Morgan fingerprint density at radius 1 is 1.25 bits per heavy atom. The number of hydrogen-bond donors (Lipinski definition) is 0. The van der Waals surface area contributed by atoms with Gasteiger partial charge in [0, 0.05) is 32.1 Å². The van der Waals surface area contributed by atoms with Crippen LogP contribution in [-0.2, 0) is 11.3 Å². The highest BCUT2D eigenvalue weighted by molar-refractivity contribution is 5.78. The summed E-state index contributed by atoms with van der Waals surface area (Å²) in [5.74, 6) is 1.30. The molecule has 1 aromatic rings. The predicted molar refractivity (Wildman–Crippen MR) is 72.8 cm³/mol. The summed E-state index contributed by atoms with van der Waals surface area (Å²) in [6.45, 7) is 8.11. The van der Waals surface area contributed by atoms with Crippen LogP contribution in [0.25, 0.3) is 0 Å². The van der Waals surface area contributed by atoms with Crippen molar-refractivity contribution in [2.45, 2.75) is 39.3 Å². The van der Waals surface area contributed by atoms with Crippen molar-refractivity contribution in [2.24, 2.45) is 5.92 Å². The van der Waals surface area contributed by atoms with Crippen molar-refractivity contribution < 1.29 is 4.79 Å². The Bertz CT molecular complexity index is 473. The van der Waals surface area contributed by atoms with Crippen molar-refractivity contribution in [2.75, 3.05) is 26.2 Å². The number of carbonyl (C=O) groups is 1. The summed E-state index contributed by atoms with van der Waals surface area (Å²) in [4.78, 5) is 16.2. The molecule has 2 fully saturated rings. The van der Waals surface area contributed by atoms with Gasteiger partial charge in [-0.25, -0.2) is 4.68 Å². The van der Waals surface area contributed by atoms with E-state index in [1.807, 2.05) is 23.4 Å². The number of tetrazole rings is 1. The van der Waals surface area contributed by atoms with Crippen LogP contribution in [0, 0.1) is 5.92 Å². The van der Waals surface area contributed by atoms with Crippen LogP contribution < -0.4 is 0 Å². The van der Waals surface area contributed by atoms with Crippen molar-refractivity contribution in [3.05, 3.63) is 5.82 Å². The SMILES string of the molecule is CC(C)C(=O)N1CCN(Cc2nnnn2C2CC2)CC1. The van der Waals surface area contributed by atoms with Crippen LogP contribution in [0.2, 0.25) is 0 Å². The van der Waals surface area contributed by atoms with Crippen LogP contribution in [0.5, 0.6) is 0 Å². The summed E-state index contributed by atoms with van der Waals surface area (Å²) in [6.07, 6.45) is 2.38. The minimum absolute atomic E-state index is 0.0868. The van der Waals surface area contributed by atoms with Gasteiger partial charge in [0.1, 0.15) is 0 Å². The van der Waals surface area contributed by atoms with E-state index < -0.39 is 0 Å². The first kappa shape index (κ1) is 13.5. The molecular weight excluding hydrogens is 256 g/mol. The molecule has 0 radical (unpaired) electrons. The van der Waals surface area contributed by atoms with E-state index in [-0.39, 0.29) is 11.8 Å². The lowest BCUT2D eigenvalue weighted by molar-refractivity contribution is -0.136. The maximum Gasteiger partial charge on any atom is 0.225 e. The van der Waals surface area contributed by atoms with Crippen molar-refractivity contribution in [3.8, 4) is 0 Å². The number of amides is 1. The molecule has 0 spiro atoms. The summed E-state index contributed by atoms with van der Waals surface area (Å²) >= 11 is 0. The van der Waals surface area contributed by atoms with Crippen LogP contribution in [0.4, 0.5) is 0 Å². The molecule has 20 heavy (non-hydrogen) atoms. The largest absolute Gasteiger partial charge is 0.340 e. The lowest BCUT2D eigenvalue weighted by Crippen LogP contribution is -2.49. The Balaban J connectivity index is 1.53. The van der Waals surface area contributed by atoms with Gasteiger partial charge in [-0.2, -0.15) is 0 Å². The molecule has 2 aliphatic rings. The third-order valence-electron chi connectivity index (χ3n) is 4.00. The molecule has 7 nitrogen and oxygen atoms in total. The van der Waals surface area contributed by atoms with E-state index in [1.54, 1.807) is 0 Å². The van der Waals surface area contributed by atoms with Gasteiger partial charge in [0.15, 0.2) is 5.82 Å². The number of hydrogen-bond acceptors (Lipinski definition) is 5. The minimum atomic E-state index is 0.0868. The third-order valence-corrected chi connectivity index (χ3v) is 4.00. The van der Waals surface area contributed by atoms with Gasteiger partial charge in [-0.15, -0.1) is 5.10 Å². The van der Waals surface area contributed by atoms with E-state index in [4.69, 9.17) is 0 Å². The van der Waals surface area contributed by atoms with Crippen molar-refractivity contribution in [1.29, 1.82) is 0 Å². The average molecular weight is 278 g/mol. The second-order valence-corrected chi connectivity index (χ2v) is 6.03. The Hall–Kier alpha value is -1.50. The molecule has 1 aliphatic carbocycles. The number of carbonyl (C=O) groups excluding carboxylic acids is 1. The number of piperazine rings is 1. The van der Waals surface area contributed by atoms with Gasteiger partial charge in [-0.05, 0) is 23.3 Å². The second-order valence-electron chi connectivity index (χ2n) is 6.03. The highest BCUT2D eigenvalue weighted by Crippen LogP contribution is 2.34. The summed E-state index contributed by atoms with van der Waals surface area (Å²) in [7, 11) is 0. The maximum atomic E-state index is 11.9. The molecule has 0 atom stereocenters. The molecule has 2 heterocycles. The molecule has 1 amide bonds. The quantitative estimate of drug-likeness (QED) is 0.793. The van der Waals surface area contributed by atoms with Crippen LogP contribution in [0.15, 0.2) is 0 Å². The number of rotatable bonds is 4. The zero-order valence-corrected chi connectivity index (χ0v) is 12.2. The first-order chi connectivity index (χ1) is 9.65. The highest BCUT2D eigenvalue weighted by Gasteiger charge is 2.29. The molecular formula is C13H22N6O. The lowest BCUT2D eigenvalue weighted by Gasteiger charge is -2.35. The summed E-state index contributed by atoms with van der Waals surface area (Å²) in [6, 6.07) is 0.517. The van der Waals surface area contributed by atoms with Crippen molar-refractivity contribution >= 4 is 5.91 Å². The second kappa shape index (κ2) is 5.47. The van der Waals surface area contributed by atoms with Gasteiger partial charge in [0.05, 0.1) is 12.6 Å². The summed E-state index contributed by atoms with van der Waals surface area (Å²) in [5.41, 5.74) is 0.